The number of ether oxygens (including phenoxy) is 1. The highest BCUT2D eigenvalue weighted by atomic mass is 19.1. The van der Waals surface area contributed by atoms with E-state index in [1.807, 2.05) is 26.0 Å². The molecule has 2 aromatic carbocycles. The number of nitrogens with one attached hydrogen (secondary N) is 2. The number of aromatic nitrogens is 3. The predicted octanol–water partition coefficient (Wildman–Crippen LogP) is 4.14. The second kappa shape index (κ2) is 7.15. The maximum atomic E-state index is 13.0. The first-order chi connectivity index (χ1) is 13.5. The summed E-state index contributed by atoms with van der Waals surface area (Å²) in [5.74, 6) is 0.921. The van der Waals surface area contributed by atoms with E-state index < -0.39 is 5.82 Å². The van der Waals surface area contributed by atoms with Gasteiger partial charge in [0.2, 0.25) is 0 Å². The van der Waals surface area contributed by atoms with Gasteiger partial charge in [-0.3, -0.25) is 9.89 Å². The van der Waals surface area contributed by atoms with Gasteiger partial charge in [0.25, 0.3) is 5.91 Å². The van der Waals surface area contributed by atoms with Gasteiger partial charge in [-0.1, -0.05) is 5.16 Å². The van der Waals surface area contributed by atoms with E-state index in [1.165, 1.54) is 24.3 Å². The highest BCUT2D eigenvalue weighted by molar-refractivity contribution is 6.07. The number of H-pyrrole nitrogens is 1. The van der Waals surface area contributed by atoms with Crippen LogP contribution >= 0.6 is 0 Å². The minimum absolute atomic E-state index is 0.321. The molecule has 0 aliphatic carbocycles. The predicted molar refractivity (Wildman–Crippen MR) is 101 cm³/mol. The summed E-state index contributed by atoms with van der Waals surface area (Å²) >= 11 is 0. The van der Waals surface area contributed by atoms with Crippen LogP contribution in [0.1, 0.15) is 27.4 Å². The lowest BCUT2D eigenvalue weighted by atomic mass is 10.2. The van der Waals surface area contributed by atoms with Gasteiger partial charge < -0.3 is 14.6 Å². The zero-order chi connectivity index (χ0) is 19.7. The van der Waals surface area contributed by atoms with E-state index in [4.69, 9.17) is 9.26 Å². The molecule has 0 spiro atoms. The topological polar surface area (TPSA) is 93.0 Å². The Morgan fingerprint density at radius 1 is 1.21 bits per heavy atom. The highest BCUT2D eigenvalue weighted by Gasteiger charge is 2.13. The molecule has 4 rings (SSSR count). The smallest absolute Gasteiger partial charge is 0.256 e. The van der Waals surface area contributed by atoms with Crippen molar-refractivity contribution < 1.29 is 18.4 Å². The first-order valence-corrected chi connectivity index (χ1v) is 8.61. The Balaban J connectivity index is 1.54. The molecule has 7 nitrogen and oxygen atoms in total. The van der Waals surface area contributed by atoms with Crippen LogP contribution in [-0.4, -0.2) is 21.3 Å². The summed E-state index contributed by atoms with van der Waals surface area (Å²) in [6.07, 6.45) is 0. The Morgan fingerprint density at radius 2 is 2.00 bits per heavy atom. The quantitative estimate of drug-likeness (QED) is 0.543. The minimum Gasteiger partial charge on any atom is -0.489 e. The van der Waals surface area contributed by atoms with Crippen molar-refractivity contribution >= 4 is 22.6 Å². The van der Waals surface area contributed by atoms with Gasteiger partial charge in [-0.25, -0.2) is 4.39 Å². The number of anilines is 1. The molecule has 28 heavy (non-hydrogen) atoms. The number of halogens is 1. The molecule has 2 aromatic heterocycles. The van der Waals surface area contributed by atoms with Crippen LogP contribution in [0.15, 0.2) is 47.0 Å². The lowest BCUT2D eigenvalue weighted by molar-refractivity contribution is 0.102. The number of amides is 1. The van der Waals surface area contributed by atoms with Crippen molar-refractivity contribution in [1.82, 2.24) is 15.4 Å². The lowest BCUT2D eigenvalue weighted by Crippen LogP contribution is -2.12. The van der Waals surface area contributed by atoms with Crippen LogP contribution in [0.2, 0.25) is 0 Å². The largest absolute Gasteiger partial charge is 0.489 e. The number of carbonyl (C=O) groups excluding carboxylic acids is 1. The Hall–Kier alpha value is -3.68. The number of carbonyl (C=O) groups is 1. The van der Waals surface area contributed by atoms with Crippen LogP contribution in [0.5, 0.6) is 5.75 Å². The Labute approximate surface area is 159 Å². The number of rotatable bonds is 5. The van der Waals surface area contributed by atoms with Crippen molar-refractivity contribution in [2.75, 3.05) is 5.32 Å². The maximum Gasteiger partial charge on any atom is 0.256 e. The van der Waals surface area contributed by atoms with Gasteiger partial charge >= 0.3 is 0 Å². The number of hydrogen-bond donors (Lipinski definition) is 2. The van der Waals surface area contributed by atoms with Crippen LogP contribution in [-0.2, 0) is 6.61 Å². The van der Waals surface area contributed by atoms with Crippen molar-refractivity contribution in [3.63, 3.8) is 0 Å². The average Bonchev–Trinajstić information content (AvgIpc) is 3.23. The number of nitrogens with zero attached hydrogens (tertiary/aromatic N) is 2. The van der Waals surface area contributed by atoms with E-state index in [2.05, 4.69) is 20.7 Å². The molecule has 0 saturated carbocycles. The van der Waals surface area contributed by atoms with Crippen LogP contribution in [0, 0.1) is 19.7 Å². The molecule has 4 aromatic rings. The molecule has 0 aliphatic heterocycles. The fourth-order valence-electron chi connectivity index (χ4n) is 2.82. The molecule has 2 N–H and O–H groups in total. The molecule has 0 bridgehead atoms. The highest BCUT2D eigenvalue weighted by Crippen LogP contribution is 2.27. The summed E-state index contributed by atoms with van der Waals surface area (Å²) in [5, 5.41) is 14.4. The third-order valence-corrected chi connectivity index (χ3v) is 4.44. The molecule has 2 heterocycles. The second-order valence-corrected chi connectivity index (χ2v) is 6.33. The van der Waals surface area contributed by atoms with Gasteiger partial charge in [-0.2, -0.15) is 5.10 Å². The van der Waals surface area contributed by atoms with E-state index in [9.17, 15) is 9.18 Å². The fraction of sp³-hybridized carbons (Fsp3) is 0.150. The monoisotopic (exact) mass is 380 g/mol. The molecule has 0 fully saturated rings. The maximum absolute atomic E-state index is 13.0. The normalized spacial score (nSPS) is 11.0. The van der Waals surface area contributed by atoms with Crippen molar-refractivity contribution in [2.24, 2.45) is 0 Å². The van der Waals surface area contributed by atoms with E-state index in [0.29, 0.717) is 34.9 Å². The van der Waals surface area contributed by atoms with Crippen molar-refractivity contribution in [2.45, 2.75) is 20.5 Å². The molecule has 8 heteroatoms. The summed E-state index contributed by atoms with van der Waals surface area (Å²) in [6.45, 7) is 4.01. The van der Waals surface area contributed by atoms with E-state index in [0.717, 1.165) is 16.8 Å². The third kappa shape index (κ3) is 3.44. The SMILES string of the molecule is Cc1noc(C)c1COc1ccc2[nH]nc(NC(=O)c3ccc(F)cc3)c2c1. The second-order valence-electron chi connectivity index (χ2n) is 6.33. The van der Waals surface area contributed by atoms with Crippen LogP contribution in [0.3, 0.4) is 0 Å². The van der Waals surface area contributed by atoms with Gasteiger partial charge in [0.15, 0.2) is 5.82 Å². The van der Waals surface area contributed by atoms with Gasteiger partial charge in [0.1, 0.15) is 23.9 Å². The number of aromatic amines is 1. The van der Waals surface area contributed by atoms with Crippen molar-refractivity contribution in [3.8, 4) is 5.75 Å². The molecule has 0 saturated heterocycles. The van der Waals surface area contributed by atoms with Gasteiger partial charge in [0, 0.05) is 10.9 Å². The van der Waals surface area contributed by atoms with Gasteiger partial charge in [0.05, 0.1) is 16.8 Å². The van der Waals surface area contributed by atoms with E-state index >= 15 is 0 Å². The third-order valence-electron chi connectivity index (χ3n) is 4.44. The molecular weight excluding hydrogens is 363 g/mol. The average molecular weight is 380 g/mol. The van der Waals surface area contributed by atoms with Crippen LogP contribution in [0.4, 0.5) is 10.2 Å². The Kier molecular flexibility index (Phi) is 4.52. The van der Waals surface area contributed by atoms with E-state index in [1.54, 1.807) is 6.07 Å². The summed E-state index contributed by atoms with van der Waals surface area (Å²) in [4.78, 5) is 12.4. The molecule has 0 unspecified atom stereocenters. The first-order valence-electron chi connectivity index (χ1n) is 8.61. The number of aryl methyl sites for hydroxylation is 2. The summed E-state index contributed by atoms with van der Waals surface area (Å²) in [5.41, 5.74) is 2.77. The van der Waals surface area contributed by atoms with E-state index in [-0.39, 0.29) is 5.91 Å². The zero-order valence-corrected chi connectivity index (χ0v) is 15.2. The number of fused-ring (bicyclic) bond motifs is 1. The number of benzene rings is 2. The molecule has 0 radical (unpaired) electrons. The lowest BCUT2D eigenvalue weighted by Gasteiger charge is -2.07. The van der Waals surface area contributed by atoms with Crippen molar-refractivity contribution in [1.29, 1.82) is 0 Å². The Bertz CT molecular complexity index is 1130. The van der Waals surface area contributed by atoms with Crippen LogP contribution < -0.4 is 10.1 Å². The molecular formula is C20H17FN4O3. The Morgan fingerprint density at radius 3 is 2.71 bits per heavy atom. The standard InChI is InChI=1S/C20H17FN4O3/c1-11-17(12(2)28-25-11)10-27-15-7-8-18-16(9-15)19(24-23-18)22-20(26)13-3-5-14(21)6-4-13/h3-9H,10H2,1-2H3,(H2,22,23,24,26). The zero-order valence-electron chi connectivity index (χ0n) is 15.2. The summed E-state index contributed by atoms with van der Waals surface area (Å²) in [6, 6.07) is 10.7. The van der Waals surface area contributed by atoms with Crippen LogP contribution in [0.25, 0.3) is 10.9 Å². The summed E-state index contributed by atoms with van der Waals surface area (Å²) < 4.78 is 24.0. The van der Waals surface area contributed by atoms with Gasteiger partial charge in [-0.05, 0) is 56.3 Å². The molecule has 0 atom stereocenters. The number of hydrogen-bond acceptors (Lipinski definition) is 5. The van der Waals surface area contributed by atoms with Gasteiger partial charge in [-0.15, -0.1) is 0 Å². The van der Waals surface area contributed by atoms with Crippen molar-refractivity contribution in [3.05, 3.63) is 70.9 Å². The fourth-order valence-corrected chi connectivity index (χ4v) is 2.82. The molecule has 142 valence electrons. The molecule has 1 amide bonds. The first kappa shape index (κ1) is 17.7. The molecule has 0 aliphatic rings. The minimum atomic E-state index is -0.401. The summed E-state index contributed by atoms with van der Waals surface area (Å²) in [7, 11) is 0.